The first kappa shape index (κ1) is 16.9. The highest BCUT2D eigenvalue weighted by Gasteiger charge is 2.17. The van der Waals surface area contributed by atoms with Gasteiger partial charge < -0.3 is 5.32 Å². The number of aromatic nitrogens is 4. The van der Waals surface area contributed by atoms with E-state index in [-0.39, 0.29) is 11.9 Å². The zero-order valence-electron chi connectivity index (χ0n) is 14.9. The van der Waals surface area contributed by atoms with Crippen LogP contribution in [0, 0.1) is 6.92 Å². The fourth-order valence-corrected chi connectivity index (χ4v) is 3.09. The van der Waals surface area contributed by atoms with Crippen LogP contribution in [0.15, 0.2) is 73.2 Å². The van der Waals surface area contributed by atoms with Gasteiger partial charge in [0.15, 0.2) is 0 Å². The van der Waals surface area contributed by atoms with Gasteiger partial charge in [0, 0.05) is 17.1 Å². The minimum Gasteiger partial charge on any atom is -0.343 e. The molecule has 0 aliphatic heterocycles. The third-order valence-corrected chi connectivity index (χ3v) is 4.54. The summed E-state index contributed by atoms with van der Waals surface area (Å²) in [5.74, 6) is -0.138. The van der Waals surface area contributed by atoms with E-state index in [0.717, 1.165) is 22.0 Å². The molecule has 1 unspecified atom stereocenters. The monoisotopic (exact) mass is 357 g/mol. The summed E-state index contributed by atoms with van der Waals surface area (Å²) < 4.78 is 0. The highest BCUT2D eigenvalue weighted by molar-refractivity contribution is 5.98. The number of pyridine rings is 1. The summed E-state index contributed by atoms with van der Waals surface area (Å²) in [5.41, 5.74) is 3.58. The van der Waals surface area contributed by atoms with Gasteiger partial charge in [-0.1, -0.05) is 30.3 Å². The summed E-state index contributed by atoms with van der Waals surface area (Å²) in [5, 5.41) is 12.4. The number of nitrogens with one attached hydrogen (secondary N) is 1. The molecule has 0 aliphatic rings. The number of rotatable bonds is 5. The predicted octanol–water partition coefficient (Wildman–Crippen LogP) is 3.31. The van der Waals surface area contributed by atoms with Crippen LogP contribution in [0.2, 0.25) is 0 Å². The normalized spacial score (nSPS) is 12.0. The summed E-state index contributed by atoms with van der Waals surface area (Å²) in [6.45, 7) is 2.47. The third kappa shape index (κ3) is 3.69. The van der Waals surface area contributed by atoms with Crippen molar-refractivity contribution in [2.75, 3.05) is 0 Å². The predicted molar refractivity (Wildman–Crippen MR) is 103 cm³/mol. The van der Waals surface area contributed by atoms with Crippen molar-refractivity contribution in [1.82, 2.24) is 25.3 Å². The maximum Gasteiger partial charge on any atom is 0.251 e. The molecule has 134 valence electrons. The molecule has 0 bridgehead atoms. The second-order valence-electron chi connectivity index (χ2n) is 6.38. The van der Waals surface area contributed by atoms with Crippen LogP contribution in [0.4, 0.5) is 0 Å². The summed E-state index contributed by atoms with van der Waals surface area (Å²) >= 11 is 0. The van der Waals surface area contributed by atoms with E-state index < -0.39 is 0 Å². The molecule has 6 nitrogen and oxygen atoms in total. The van der Waals surface area contributed by atoms with Gasteiger partial charge in [-0.15, -0.1) is 0 Å². The van der Waals surface area contributed by atoms with Gasteiger partial charge in [-0.3, -0.25) is 9.78 Å². The molecule has 4 rings (SSSR count). The van der Waals surface area contributed by atoms with Crippen molar-refractivity contribution < 1.29 is 4.79 Å². The molecule has 4 aromatic rings. The van der Waals surface area contributed by atoms with E-state index >= 15 is 0 Å². The summed E-state index contributed by atoms with van der Waals surface area (Å²) in [4.78, 5) is 18.9. The Bertz CT molecular complexity index is 1060. The van der Waals surface area contributed by atoms with Crippen LogP contribution in [-0.4, -0.2) is 25.9 Å². The molecular formula is C21H19N5O. The van der Waals surface area contributed by atoms with E-state index in [0.29, 0.717) is 12.1 Å². The van der Waals surface area contributed by atoms with Crippen LogP contribution in [0.1, 0.15) is 27.5 Å². The maximum absolute atomic E-state index is 12.9. The van der Waals surface area contributed by atoms with E-state index in [4.69, 9.17) is 0 Å². The largest absolute Gasteiger partial charge is 0.343 e. The van der Waals surface area contributed by atoms with E-state index in [1.807, 2.05) is 55.5 Å². The molecule has 0 aliphatic carbocycles. The van der Waals surface area contributed by atoms with Crippen LogP contribution >= 0.6 is 0 Å². The lowest BCUT2D eigenvalue weighted by Crippen LogP contribution is -2.32. The van der Waals surface area contributed by atoms with Crippen LogP contribution < -0.4 is 5.32 Å². The number of fused-ring (bicyclic) bond motifs is 1. The van der Waals surface area contributed by atoms with Gasteiger partial charge in [-0.2, -0.15) is 15.0 Å². The number of amides is 1. The number of hydrogen-bond donors (Lipinski definition) is 1. The molecule has 27 heavy (non-hydrogen) atoms. The number of nitrogens with zero attached hydrogens (tertiary/aromatic N) is 4. The van der Waals surface area contributed by atoms with Crippen molar-refractivity contribution in [3.05, 3.63) is 89.9 Å². The quantitative estimate of drug-likeness (QED) is 0.595. The summed E-state index contributed by atoms with van der Waals surface area (Å²) in [7, 11) is 0. The molecule has 1 N–H and O–H groups in total. The smallest absolute Gasteiger partial charge is 0.251 e. The van der Waals surface area contributed by atoms with Gasteiger partial charge in [-0.05, 0) is 42.3 Å². The Morgan fingerprint density at radius 3 is 2.59 bits per heavy atom. The molecule has 0 spiro atoms. The van der Waals surface area contributed by atoms with E-state index in [2.05, 4.69) is 20.5 Å². The second kappa shape index (κ2) is 7.37. The van der Waals surface area contributed by atoms with Crippen molar-refractivity contribution in [3.63, 3.8) is 0 Å². The fraction of sp³-hybridized carbons (Fsp3) is 0.143. The molecular weight excluding hydrogens is 338 g/mol. The van der Waals surface area contributed by atoms with Crippen molar-refractivity contribution in [3.8, 4) is 0 Å². The SMILES string of the molecule is Cc1ccnc2ccc(C(=O)NC(Cn3nccn3)c3ccccc3)cc12. The molecule has 6 heteroatoms. The first-order valence-corrected chi connectivity index (χ1v) is 8.76. The number of carbonyl (C=O) groups is 1. The minimum absolute atomic E-state index is 0.138. The van der Waals surface area contributed by atoms with E-state index in [9.17, 15) is 4.79 Å². The van der Waals surface area contributed by atoms with Crippen molar-refractivity contribution >= 4 is 16.8 Å². The second-order valence-corrected chi connectivity index (χ2v) is 6.38. The van der Waals surface area contributed by atoms with Crippen LogP contribution in [0.5, 0.6) is 0 Å². The summed E-state index contributed by atoms with van der Waals surface area (Å²) in [6.07, 6.45) is 5.03. The van der Waals surface area contributed by atoms with Crippen LogP contribution in [0.25, 0.3) is 10.9 Å². The zero-order chi connectivity index (χ0) is 18.6. The van der Waals surface area contributed by atoms with Gasteiger partial charge in [0.2, 0.25) is 0 Å². The molecule has 0 saturated heterocycles. The Kier molecular flexibility index (Phi) is 4.61. The minimum atomic E-state index is -0.239. The molecule has 0 saturated carbocycles. The molecule has 1 amide bonds. The summed E-state index contributed by atoms with van der Waals surface area (Å²) in [6, 6.07) is 17.1. The third-order valence-electron chi connectivity index (χ3n) is 4.54. The average Bonchev–Trinajstić information content (AvgIpc) is 3.21. The zero-order valence-corrected chi connectivity index (χ0v) is 14.9. The fourth-order valence-electron chi connectivity index (χ4n) is 3.09. The highest BCUT2D eigenvalue weighted by atomic mass is 16.1. The first-order chi connectivity index (χ1) is 13.2. The molecule has 0 fully saturated rings. The van der Waals surface area contributed by atoms with Crippen LogP contribution in [0.3, 0.4) is 0 Å². The molecule has 2 aromatic carbocycles. The van der Waals surface area contributed by atoms with Crippen molar-refractivity contribution in [1.29, 1.82) is 0 Å². The Hall–Kier alpha value is -3.54. The van der Waals surface area contributed by atoms with Crippen LogP contribution in [-0.2, 0) is 6.54 Å². The Morgan fingerprint density at radius 1 is 1.04 bits per heavy atom. The van der Waals surface area contributed by atoms with Gasteiger partial charge in [0.25, 0.3) is 5.91 Å². The van der Waals surface area contributed by atoms with Gasteiger partial charge >= 0.3 is 0 Å². The number of carbonyl (C=O) groups excluding carboxylic acids is 1. The number of hydrogen-bond acceptors (Lipinski definition) is 4. The average molecular weight is 357 g/mol. The lowest BCUT2D eigenvalue weighted by Gasteiger charge is -2.19. The van der Waals surface area contributed by atoms with E-state index in [1.165, 1.54) is 0 Å². The topological polar surface area (TPSA) is 72.7 Å². The molecule has 2 aromatic heterocycles. The molecule has 0 radical (unpaired) electrons. The standard InChI is InChI=1S/C21H19N5O/c1-15-9-10-22-19-8-7-17(13-18(15)19)21(27)25-20(14-26-23-11-12-24-26)16-5-3-2-4-6-16/h2-13,20H,14H2,1H3,(H,25,27). The molecule has 1 atom stereocenters. The lowest BCUT2D eigenvalue weighted by atomic mass is 10.0. The van der Waals surface area contributed by atoms with Gasteiger partial charge in [-0.25, -0.2) is 0 Å². The highest BCUT2D eigenvalue weighted by Crippen LogP contribution is 2.19. The lowest BCUT2D eigenvalue weighted by molar-refractivity contribution is 0.0931. The Labute approximate surface area is 156 Å². The van der Waals surface area contributed by atoms with Crippen molar-refractivity contribution in [2.24, 2.45) is 0 Å². The molecule has 2 heterocycles. The van der Waals surface area contributed by atoms with Gasteiger partial charge in [0.1, 0.15) is 0 Å². The van der Waals surface area contributed by atoms with Crippen molar-refractivity contribution in [2.45, 2.75) is 19.5 Å². The first-order valence-electron chi connectivity index (χ1n) is 8.76. The number of aryl methyl sites for hydroxylation is 1. The Balaban J connectivity index is 1.62. The van der Waals surface area contributed by atoms with E-state index in [1.54, 1.807) is 29.5 Å². The van der Waals surface area contributed by atoms with Gasteiger partial charge in [0.05, 0.1) is 30.5 Å². The number of benzene rings is 2. The maximum atomic E-state index is 12.9. The Morgan fingerprint density at radius 2 is 1.81 bits per heavy atom.